The van der Waals surface area contributed by atoms with Crippen molar-refractivity contribution < 1.29 is 22.8 Å². The van der Waals surface area contributed by atoms with Crippen molar-refractivity contribution in [1.82, 2.24) is 25.2 Å². The van der Waals surface area contributed by atoms with Gasteiger partial charge in [-0.2, -0.15) is 18.3 Å². The third kappa shape index (κ3) is 4.04. The summed E-state index contributed by atoms with van der Waals surface area (Å²) in [5.41, 5.74) is 1.39. The number of imidazole rings is 1. The second-order valence-electron chi connectivity index (χ2n) is 6.81. The van der Waals surface area contributed by atoms with Gasteiger partial charge in [-0.25, -0.2) is 14.3 Å². The normalized spacial score (nSPS) is 17.0. The van der Waals surface area contributed by atoms with Gasteiger partial charge in [0.25, 0.3) is 0 Å². The summed E-state index contributed by atoms with van der Waals surface area (Å²) in [7, 11) is 0. The van der Waals surface area contributed by atoms with Crippen LogP contribution in [0.3, 0.4) is 0 Å². The first-order valence-corrected chi connectivity index (χ1v) is 9.14. The van der Waals surface area contributed by atoms with Crippen molar-refractivity contribution in [2.45, 2.75) is 18.5 Å². The van der Waals surface area contributed by atoms with Crippen LogP contribution in [0.4, 0.5) is 23.7 Å². The molecule has 8 nitrogen and oxygen atoms in total. The van der Waals surface area contributed by atoms with Gasteiger partial charge in [0, 0.05) is 25.5 Å². The molecule has 3 aromatic rings. The molecule has 3 N–H and O–H groups in total. The molecule has 1 fully saturated rings. The zero-order chi connectivity index (χ0) is 21.3. The van der Waals surface area contributed by atoms with Gasteiger partial charge in [0.1, 0.15) is 0 Å². The minimum atomic E-state index is -4.39. The maximum Gasteiger partial charge on any atom is 0.416 e. The molecule has 3 amide bonds. The Hall–Kier alpha value is -3.63. The monoisotopic (exact) mass is 418 g/mol. The molecule has 0 aliphatic carbocycles. The molecule has 2 aromatic heterocycles. The van der Waals surface area contributed by atoms with Crippen molar-refractivity contribution >= 4 is 23.3 Å². The number of carbonyl (C=O) groups is 2. The van der Waals surface area contributed by atoms with E-state index < -0.39 is 29.6 Å². The number of nitrogens with zero attached hydrogens (tertiary/aromatic N) is 3. The molecule has 0 radical (unpaired) electrons. The molecule has 11 heteroatoms. The number of nitrogens with one attached hydrogen (secondary N) is 3. The highest BCUT2D eigenvalue weighted by atomic mass is 19.4. The van der Waals surface area contributed by atoms with E-state index in [9.17, 15) is 22.8 Å². The third-order valence-electron chi connectivity index (χ3n) is 4.74. The molecular formula is C19H17F3N6O2. The summed E-state index contributed by atoms with van der Waals surface area (Å²) in [5.74, 6) is -1.13. The maximum atomic E-state index is 12.9. The lowest BCUT2D eigenvalue weighted by molar-refractivity contribution is -0.137. The van der Waals surface area contributed by atoms with Crippen LogP contribution in [0.5, 0.6) is 0 Å². The molecule has 1 aliphatic heterocycles. The van der Waals surface area contributed by atoms with Gasteiger partial charge in [-0.3, -0.25) is 10.1 Å². The third-order valence-corrected chi connectivity index (χ3v) is 4.74. The Balaban J connectivity index is 1.52. The zero-order valence-corrected chi connectivity index (χ0v) is 15.5. The molecule has 3 heterocycles. The topological polar surface area (TPSA) is 100 Å². The first-order chi connectivity index (χ1) is 14.3. The zero-order valence-electron chi connectivity index (χ0n) is 15.5. The lowest BCUT2D eigenvalue weighted by atomic mass is 10.0. The summed E-state index contributed by atoms with van der Waals surface area (Å²) in [5, 5.41) is 12.3. The van der Waals surface area contributed by atoms with Gasteiger partial charge in [-0.15, -0.1) is 0 Å². The van der Waals surface area contributed by atoms with E-state index in [4.69, 9.17) is 0 Å². The van der Waals surface area contributed by atoms with Crippen LogP contribution in [-0.4, -0.2) is 39.6 Å². The Bertz CT molecular complexity index is 1110. The van der Waals surface area contributed by atoms with E-state index in [-0.39, 0.29) is 6.54 Å². The van der Waals surface area contributed by atoms with E-state index >= 15 is 0 Å². The van der Waals surface area contributed by atoms with E-state index in [0.29, 0.717) is 35.6 Å². The largest absolute Gasteiger partial charge is 0.416 e. The van der Waals surface area contributed by atoms with Crippen LogP contribution >= 0.6 is 0 Å². The molecule has 1 atom stereocenters. The smallest absolute Gasteiger partial charge is 0.382 e. The molecule has 156 valence electrons. The average molecular weight is 418 g/mol. The van der Waals surface area contributed by atoms with E-state index in [2.05, 4.69) is 26.0 Å². The SMILES string of the molecule is O=C1NCC(c2cc(NCCc3cccc(C(F)(F)F)c3)c3nccn3n2)C(=O)N1. The Labute approximate surface area is 168 Å². The fraction of sp³-hybridized carbons (Fsp3) is 0.263. The van der Waals surface area contributed by atoms with Crippen molar-refractivity contribution in [2.24, 2.45) is 0 Å². The molecule has 0 saturated carbocycles. The lowest BCUT2D eigenvalue weighted by Crippen LogP contribution is -2.51. The number of carbonyl (C=O) groups excluding carboxylic acids is 2. The predicted octanol–water partition coefficient (Wildman–Crippen LogP) is 2.33. The van der Waals surface area contributed by atoms with Gasteiger partial charge in [-0.05, 0) is 24.1 Å². The Morgan fingerprint density at radius 3 is 2.83 bits per heavy atom. The summed E-state index contributed by atoms with van der Waals surface area (Å²) in [6.45, 7) is 0.461. The molecule has 1 unspecified atom stereocenters. The van der Waals surface area contributed by atoms with E-state index in [0.717, 1.165) is 12.1 Å². The number of hydrogen-bond donors (Lipinski definition) is 3. The highest BCUT2D eigenvalue weighted by Gasteiger charge is 2.31. The number of amides is 3. The van der Waals surface area contributed by atoms with E-state index in [1.54, 1.807) is 24.5 Å². The summed E-state index contributed by atoms with van der Waals surface area (Å²) in [6, 6.07) is 6.28. The number of imide groups is 1. The number of rotatable bonds is 5. The second kappa shape index (κ2) is 7.65. The number of aromatic nitrogens is 3. The molecule has 30 heavy (non-hydrogen) atoms. The van der Waals surface area contributed by atoms with Crippen LogP contribution in [0.15, 0.2) is 42.7 Å². The van der Waals surface area contributed by atoms with Crippen LogP contribution in [0.2, 0.25) is 0 Å². The summed E-state index contributed by atoms with van der Waals surface area (Å²) < 4.78 is 40.1. The standard InChI is InChI=1S/C19H17F3N6O2/c20-19(21,22)12-3-1-2-11(8-12)4-5-23-15-9-14(27-28-7-6-24-16(15)28)13-10-25-18(30)26-17(13)29/h1-3,6-9,13,23H,4-5,10H2,(H2,25,26,29,30). The van der Waals surface area contributed by atoms with Gasteiger partial charge in [0.15, 0.2) is 5.65 Å². The molecule has 0 bridgehead atoms. The highest BCUT2D eigenvalue weighted by molar-refractivity contribution is 6.00. The number of fused-ring (bicyclic) bond motifs is 1. The summed E-state index contributed by atoms with van der Waals surface area (Å²) in [6.07, 6.45) is -0.862. The number of hydrogen-bond acceptors (Lipinski definition) is 5. The minimum absolute atomic E-state index is 0.113. The predicted molar refractivity (Wildman–Crippen MR) is 101 cm³/mol. The van der Waals surface area contributed by atoms with E-state index in [1.165, 1.54) is 10.6 Å². The molecule has 0 spiro atoms. The van der Waals surface area contributed by atoms with Crippen LogP contribution in [0.1, 0.15) is 22.7 Å². The van der Waals surface area contributed by atoms with Crippen molar-refractivity contribution in [3.05, 3.63) is 59.5 Å². The summed E-state index contributed by atoms with van der Waals surface area (Å²) in [4.78, 5) is 27.7. The van der Waals surface area contributed by atoms with Gasteiger partial charge in [0.05, 0.1) is 22.9 Å². The van der Waals surface area contributed by atoms with Crippen molar-refractivity contribution in [3.8, 4) is 0 Å². The molecule has 1 aromatic carbocycles. The Morgan fingerprint density at radius 1 is 1.23 bits per heavy atom. The number of halogens is 3. The van der Waals surface area contributed by atoms with Gasteiger partial charge in [0.2, 0.25) is 5.91 Å². The fourth-order valence-corrected chi connectivity index (χ4v) is 3.25. The molecular weight excluding hydrogens is 401 g/mol. The highest BCUT2D eigenvalue weighted by Crippen LogP contribution is 2.29. The fourth-order valence-electron chi connectivity index (χ4n) is 3.25. The van der Waals surface area contributed by atoms with Crippen molar-refractivity contribution in [3.63, 3.8) is 0 Å². The van der Waals surface area contributed by atoms with Crippen LogP contribution in [0, 0.1) is 0 Å². The molecule has 1 saturated heterocycles. The van der Waals surface area contributed by atoms with Crippen LogP contribution < -0.4 is 16.0 Å². The van der Waals surface area contributed by atoms with Crippen molar-refractivity contribution in [2.75, 3.05) is 18.4 Å². The van der Waals surface area contributed by atoms with Crippen LogP contribution in [-0.2, 0) is 17.4 Å². The quantitative estimate of drug-likeness (QED) is 0.591. The lowest BCUT2D eigenvalue weighted by Gasteiger charge is -2.22. The average Bonchev–Trinajstić information content (AvgIpc) is 3.16. The van der Waals surface area contributed by atoms with E-state index in [1.807, 2.05) is 0 Å². The minimum Gasteiger partial charge on any atom is -0.382 e. The number of anilines is 1. The number of benzene rings is 1. The number of urea groups is 1. The van der Waals surface area contributed by atoms with Crippen LogP contribution in [0.25, 0.3) is 5.65 Å². The maximum absolute atomic E-state index is 12.9. The first-order valence-electron chi connectivity index (χ1n) is 9.14. The van der Waals surface area contributed by atoms with Gasteiger partial charge in [-0.1, -0.05) is 18.2 Å². The Morgan fingerprint density at radius 2 is 2.07 bits per heavy atom. The second-order valence-corrected chi connectivity index (χ2v) is 6.81. The van der Waals surface area contributed by atoms with Gasteiger partial charge < -0.3 is 10.6 Å². The molecule has 4 rings (SSSR count). The van der Waals surface area contributed by atoms with Crippen molar-refractivity contribution in [1.29, 1.82) is 0 Å². The van der Waals surface area contributed by atoms with Gasteiger partial charge >= 0.3 is 12.2 Å². The Kier molecular flexibility index (Phi) is 5.02. The first kappa shape index (κ1) is 19.7. The summed E-state index contributed by atoms with van der Waals surface area (Å²) >= 11 is 0. The molecule has 1 aliphatic rings. The number of alkyl halides is 3.